The summed E-state index contributed by atoms with van der Waals surface area (Å²) < 4.78 is 4.49. The van der Waals surface area contributed by atoms with Gasteiger partial charge in [-0.1, -0.05) is 0 Å². The molecule has 4 heteroatoms. The quantitative estimate of drug-likeness (QED) is 0.689. The Bertz CT molecular complexity index is 173. The molecule has 0 aliphatic heterocycles. The fourth-order valence-electron chi connectivity index (χ4n) is 1.64. The minimum atomic E-state index is -0.351. The van der Waals surface area contributed by atoms with Crippen molar-refractivity contribution >= 4 is 6.09 Å². The van der Waals surface area contributed by atoms with Crippen molar-refractivity contribution in [2.75, 3.05) is 20.2 Å². The molecular weight excluding hydrogens is 192 g/mol. The number of carbonyl (C=O) groups is 1. The van der Waals surface area contributed by atoms with Gasteiger partial charge in [0.15, 0.2) is 0 Å². The highest BCUT2D eigenvalue weighted by Crippen LogP contribution is 2.05. The first kappa shape index (κ1) is 14.2. The number of amides is 1. The summed E-state index contributed by atoms with van der Waals surface area (Å²) >= 11 is 0. The van der Waals surface area contributed by atoms with Gasteiger partial charge in [0.2, 0.25) is 0 Å². The van der Waals surface area contributed by atoms with Crippen LogP contribution in [0.2, 0.25) is 0 Å². The first-order chi connectivity index (χ1) is 6.99. The highest BCUT2D eigenvalue weighted by molar-refractivity contribution is 5.66. The van der Waals surface area contributed by atoms with Crippen molar-refractivity contribution in [3.63, 3.8) is 0 Å². The van der Waals surface area contributed by atoms with Crippen molar-refractivity contribution in [1.29, 1.82) is 0 Å². The van der Waals surface area contributed by atoms with E-state index in [1.807, 2.05) is 0 Å². The second kappa shape index (κ2) is 7.51. The molecule has 0 aromatic rings. The Morgan fingerprint density at radius 2 is 1.80 bits per heavy atom. The second-order valence-electron chi connectivity index (χ2n) is 4.20. The number of carbonyl (C=O) groups excluding carboxylic acids is 1. The van der Waals surface area contributed by atoms with Crippen LogP contribution in [0, 0.1) is 0 Å². The lowest BCUT2D eigenvalue weighted by molar-refractivity contribution is 0.162. The number of nitrogens with one attached hydrogen (secondary N) is 1. The van der Waals surface area contributed by atoms with Crippen LogP contribution in [0.5, 0.6) is 0 Å². The SMILES string of the molecule is COC(=O)NCCCN(C(C)C)C(C)C. The maximum absolute atomic E-state index is 10.8. The molecule has 0 saturated heterocycles. The number of methoxy groups -OCH3 is 1. The normalized spacial score (nSPS) is 11.2. The van der Waals surface area contributed by atoms with Crippen molar-refractivity contribution in [3.8, 4) is 0 Å². The van der Waals surface area contributed by atoms with Crippen LogP contribution in [0.4, 0.5) is 4.79 Å². The van der Waals surface area contributed by atoms with E-state index in [9.17, 15) is 4.79 Å². The van der Waals surface area contributed by atoms with Crippen LogP contribution in [0.25, 0.3) is 0 Å². The monoisotopic (exact) mass is 216 g/mol. The number of ether oxygens (including phenoxy) is 1. The Labute approximate surface area is 93.0 Å². The Morgan fingerprint density at radius 3 is 2.20 bits per heavy atom. The van der Waals surface area contributed by atoms with Gasteiger partial charge in [0, 0.05) is 25.2 Å². The average molecular weight is 216 g/mol. The Morgan fingerprint density at radius 1 is 1.27 bits per heavy atom. The lowest BCUT2D eigenvalue weighted by atomic mass is 10.2. The van der Waals surface area contributed by atoms with Crippen LogP contribution in [0.1, 0.15) is 34.1 Å². The first-order valence-electron chi connectivity index (χ1n) is 5.56. The summed E-state index contributed by atoms with van der Waals surface area (Å²) in [5, 5.41) is 2.68. The zero-order chi connectivity index (χ0) is 11.8. The highest BCUT2D eigenvalue weighted by Gasteiger charge is 2.12. The predicted molar refractivity (Wildman–Crippen MR) is 62.0 cm³/mol. The second-order valence-corrected chi connectivity index (χ2v) is 4.20. The average Bonchev–Trinajstić information content (AvgIpc) is 2.15. The molecule has 0 atom stereocenters. The minimum absolute atomic E-state index is 0.351. The minimum Gasteiger partial charge on any atom is -0.453 e. The van der Waals surface area contributed by atoms with Crippen molar-refractivity contribution in [3.05, 3.63) is 0 Å². The molecule has 0 bridgehead atoms. The van der Waals surface area contributed by atoms with E-state index in [4.69, 9.17) is 0 Å². The van der Waals surface area contributed by atoms with Gasteiger partial charge < -0.3 is 10.1 Å². The van der Waals surface area contributed by atoms with Gasteiger partial charge in [-0.05, 0) is 34.1 Å². The van der Waals surface area contributed by atoms with Gasteiger partial charge in [-0.2, -0.15) is 0 Å². The molecule has 15 heavy (non-hydrogen) atoms. The molecule has 90 valence electrons. The fraction of sp³-hybridized carbons (Fsp3) is 0.909. The van der Waals surface area contributed by atoms with Crippen LogP contribution in [-0.2, 0) is 4.74 Å². The van der Waals surface area contributed by atoms with Crippen LogP contribution < -0.4 is 5.32 Å². The van der Waals surface area contributed by atoms with E-state index < -0.39 is 0 Å². The lowest BCUT2D eigenvalue weighted by Crippen LogP contribution is -2.39. The number of hydrogen-bond donors (Lipinski definition) is 1. The van der Waals surface area contributed by atoms with Gasteiger partial charge >= 0.3 is 6.09 Å². The summed E-state index contributed by atoms with van der Waals surface area (Å²) in [7, 11) is 1.38. The molecule has 0 heterocycles. The van der Waals surface area contributed by atoms with Crippen LogP contribution in [0.15, 0.2) is 0 Å². The van der Waals surface area contributed by atoms with Crippen molar-refractivity contribution in [1.82, 2.24) is 10.2 Å². The van der Waals surface area contributed by atoms with Gasteiger partial charge in [0.1, 0.15) is 0 Å². The molecule has 0 unspecified atom stereocenters. The van der Waals surface area contributed by atoms with E-state index in [2.05, 4.69) is 42.6 Å². The molecule has 0 aliphatic rings. The third-order valence-corrected chi connectivity index (χ3v) is 2.37. The lowest BCUT2D eigenvalue weighted by Gasteiger charge is -2.30. The molecule has 0 aromatic carbocycles. The van der Waals surface area contributed by atoms with Crippen molar-refractivity contribution < 1.29 is 9.53 Å². The molecule has 0 fully saturated rings. The van der Waals surface area contributed by atoms with Crippen LogP contribution in [0.3, 0.4) is 0 Å². The number of rotatable bonds is 6. The maximum Gasteiger partial charge on any atom is 0.406 e. The molecule has 0 radical (unpaired) electrons. The Balaban J connectivity index is 3.68. The summed E-state index contributed by atoms with van der Waals surface area (Å²) in [6.45, 7) is 10.4. The van der Waals surface area contributed by atoms with Crippen LogP contribution >= 0.6 is 0 Å². The van der Waals surface area contributed by atoms with Gasteiger partial charge in [-0.25, -0.2) is 4.79 Å². The molecule has 0 aromatic heterocycles. The third kappa shape index (κ3) is 6.33. The molecule has 4 nitrogen and oxygen atoms in total. The number of alkyl carbamates (subject to hydrolysis) is 1. The Kier molecular flexibility index (Phi) is 7.13. The van der Waals surface area contributed by atoms with E-state index >= 15 is 0 Å². The van der Waals surface area contributed by atoms with E-state index in [0.717, 1.165) is 13.0 Å². The number of nitrogens with zero attached hydrogens (tertiary/aromatic N) is 1. The molecule has 0 spiro atoms. The standard InChI is InChI=1S/C11H24N2O2/c1-9(2)13(10(3)4)8-6-7-12-11(14)15-5/h9-10H,6-8H2,1-5H3,(H,12,14). The highest BCUT2D eigenvalue weighted by atomic mass is 16.5. The molecule has 0 aliphatic carbocycles. The summed E-state index contributed by atoms with van der Waals surface area (Å²) in [6, 6.07) is 1.09. The summed E-state index contributed by atoms with van der Waals surface area (Å²) in [6.07, 6.45) is 0.599. The summed E-state index contributed by atoms with van der Waals surface area (Å²) in [5.74, 6) is 0. The maximum atomic E-state index is 10.8. The summed E-state index contributed by atoms with van der Waals surface area (Å²) in [4.78, 5) is 13.2. The van der Waals surface area contributed by atoms with E-state index in [-0.39, 0.29) is 6.09 Å². The number of hydrogen-bond acceptors (Lipinski definition) is 3. The van der Waals surface area contributed by atoms with Gasteiger partial charge in [-0.15, -0.1) is 0 Å². The molecular formula is C11H24N2O2. The smallest absolute Gasteiger partial charge is 0.406 e. The predicted octanol–water partition coefficient (Wildman–Crippen LogP) is 1.85. The van der Waals surface area contributed by atoms with Crippen LogP contribution in [-0.4, -0.2) is 43.3 Å². The van der Waals surface area contributed by atoms with Gasteiger partial charge in [0.25, 0.3) is 0 Å². The molecule has 0 rings (SSSR count). The Hall–Kier alpha value is -0.770. The summed E-state index contributed by atoms with van der Waals surface area (Å²) in [5.41, 5.74) is 0. The van der Waals surface area contributed by atoms with E-state index in [1.165, 1.54) is 7.11 Å². The molecule has 0 saturated carbocycles. The third-order valence-electron chi connectivity index (χ3n) is 2.37. The van der Waals surface area contributed by atoms with Gasteiger partial charge in [-0.3, -0.25) is 4.90 Å². The zero-order valence-electron chi connectivity index (χ0n) is 10.5. The van der Waals surface area contributed by atoms with E-state index in [0.29, 0.717) is 18.6 Å². The van der Waals surface area contributed by atoms with Crippen molar-refractivity contribution in [2.24, 2.45) is 0 Å². The molecule has 1 N–H and O–H groups in total. The van der Waals surface area contributed by atoms with Gasteiger partial charge in [0.05, 0.1) is 7.11 Å². The first-order valence-corrected chi connectivity index (χ1v) is 5.56. The largest absolute Gasteiger partial charge is 0.453 e. The topological polar surface area (TPSA) is 41.6 Å². The fourth-order valence-corrected chi connectivity index (χ4v) is 1.64. The molecule has 1 amide bonds. The van der Waals surface area contributed by atoms with Crippen molar-refractivity contribution in [2.45, 2.75) is 46.2 Å². The van der Waals surface area contributed by atoms with E-state index in [1.54, 1.807) is 0 Å². The zero-order valence-corrected chi connectivity index (χ0v) is 10.5.